The predicted octanol–water partition coefficient (Wildman–Crippen LogP) is 3.47. The van der Waals surface area contributed by atoms with Crippen LogP contribution >= 0.6 is 0 Å². The first-order valence-electron chi connectivity index (χ1n) is 10.6. The van der Waals surface area contributed by atoms with E-state index in [1.165, 1.54) is 42.4 Å². The fourth-order valence-corrected chi connectivity index (χ4v) is 4.02. The SMILES string of the molecule is CN=C(NCCCc1nnc2ccccn12)NC(C)c1ccc2c(c1)CCCC2. The number of nitrogens with one attached hydrogen (secondary N) is 2. The molecule has 1 aromatic carbocycles. The quantitative estimate of drug-likeness (QED) is 0.384. The third-order valence-corrected chi connectivity index (χ3v) is 5.70. The second kappa shape index (κ2) is 9.07. The average molecular weight is 391 g/mol. The zero-order valence-corrected chi connectivity index (χ0v) is 17.4. The number of hydrogen-bond acceptors (Lipinski definition) is 3. The van der Waals surface area contributed by atoms with Gasteiger partial charge in [0.05, 0.1) is 6.04 Å². The van der Waals surface area contributed by atoms with Crippen molar-refractivity contribution in [3.63, 3.8) is 0 Å². The molecule has 0 saturated heterocycles. The Hall–Kier alpha value is -2.89. The molecule has 6 nitrogen and oxygen atoms in total. The Morgan fingerprint density at radius 3 is 2.86 bits per heavy atom. The van der Waals surface area contributed by atoms with E-state index in [2.05, 4.69) is 50.9 Å². The molecule has 1 unspecified atom stereocenters. The van der Waals surface area contributed by atoms with Crippen molar-refractivity contribution in [3.05, 3.63) is 65.1 Å². The Kier molecular flexibility index (Phi) is 6.08. The molecule has 0 amide bonds. The number of benzene rings is 1. The molecule has 2 heterocycles. The molecule has 2 N–H and O–H groups in total. The maximum absolute atomic E-state index is 4.39. The lowest BCUT2D eigenvalue weighted by Crippen LogP contribution is -2.39. The van der Waals surface area contributed by atoms with Crippen LogP contribution in [-0.4, -0.2) is 34.2 Å². The van der Waals surface area contributed by atoms with Crippen LogP contribution in [0, 0.1) is 0 Å². The Morgan fingerprint density at radius 1 is 1.14 bits per heavy atom. The van der Waals surface area contributed by atoms with Crippen molar-refractivity contribution < 1.29 is 0 Å². The fraction of sp³-hybridized carbons (Fsp3) is 0.435. The summed E-state index contributed by atoms with van der Waals surface area (Å²) in [5.74, 6) is 1.83. The van der Waals surface area contributed by atoms with Crippen LogP contribution in [0.15, 0.2) is 47.6 Å². The zero-order chi connectivity index (χ0) is 20.1. The van der Waals surface area contributed by atoms with E-state index in [0.29, 0.717) is 0 Å². The van der Waals surface area contributed by atoms with Crippen molar-refractivity contribution in [1.29, 1.82) is 0 Å². The normalized spacial score (nSPS) is 15.2. The first-order chi connectivity index (χ1) is 14.2. The van der Waals surface area contributed by atoms with Crippen LogP contribution in [0.25, 0.3) is 5.65 Å². The molecule has 152 valence electrons. The van der Waals surface area contributed by atoms with E-state index in [9.17, 15) is 0 Å². The van der Waals surface area contributed by atoms with Crippen LogP contribution in [-0.2, 0) is 19.3 Å². The van der Waals surface area contributed by atoms with E-state index in [4.69, 9.17) is 0 Å². The van der Waals surface area contributed by atoms with E-state index in [-0.39, 0.29) is 6.04 Å². The van der Waals surface area contributed by atoms with Gasteiger partial charge in [-0.15, -0.1) is 10.2 Å². The van der Waals surface area contributed by atoms with Gasteiger partial charge in [-0.05, 0) is 67.9 Å². The Morgan fingerprint density at radius 2 is 2.00 bits per heavy atom. The van der Waals surface area contributed by atoms with Crippen LogP contribution in [0.2, 0.25) is 0 Å². The summed E-state index contributed by atoms with van der Waals surface area (Å²) in [5.41, 5.74) is 5.26. The van der Waals surface area contributed by atoms with Crippen molar-refractivity contribution >= 4 is 11.6 Å². The third kappa shape index (κ3) is 4.58. The number of guanidine groups is 1. The number of hydrogen-bond donors (Lipinski definition) is 2. The van der Waals surface area contributed by atoms with Gasteiger partial charge in [0.2, 0.25) is 0 Å². The number of aryl methyl sites for hydroxylation is 3. The highest BCUT2D eigenvalue weighted by molar-refractivity contribution is 5.80. The molecule has 29 heavy (non-hydrogen) atoms. The van der Waals surface area contributed by atoms with E-state index < -0.39 is 0 Å². The minimum absolute atomic E-state index is 0.217. The summed E-state index contributed by atoms with van der Waals surface area (Å²) in [6, 6.07) is 13.1. The Labute approximate surface area is 172 Å². The lowest BCUT2D eigenvalue weighted by atomic mass is 9.89. The zero-order valence-electron chi connectivity index (χ0n) is 17.4. The number of pyridine rings is 1. The summed E-state index contributed by atoms with van der Waals surface area (Å²) < 4.78 is 2.05. The molecule has 0 spiro atoms. The maximum atomic E-state index is 4.39. The van der Waals surface area contributed by atoms with E-state index >= 15 is 0 Å². The van der Waals surface area contributed by atoms with Crippen LogP contribution in [0.4, 0.5) is 0 Å². The first kappa shape index (κ1) is 19.4. The second-order valence-electron chi connectivity index (χ2n) is 7.75. The van der Waals surface area contributed by atoms with Gasteiger partial charge in [-0.3, -0.25) is 9.39 Å². The van der Waals surface area contributed by atoms with E-state index in [1.54, 1.807) is 0 Å². The van der Waals surface area contributed by atoms with Crippen molar-refractivity contribution in [3.8, 4) is 0 Å². The summed E-state index contributed by atoms with van der Waals surface area (Å²) in [5, 5.41) is 15.4. The molecule has 1 aliphatic rings. The van der Waals surface area contributed by atoms with Gasteiger partial charge in [-0.1, -0.05) is 24.3 Å². The number of aliphatic imine (C=N–C) groups is 1. The molecule has 0 bridgehead atoms. The van der Waals surface area contributed by atoms with Crippen molar-refractivity contribution in [2.75, 3.05) is 13.6 Å². The van der Waals surface area contributed by atoms with Crippen LogP contribution in [0.5, 0.6) is 0 Å². The molecule has 0 radical (unpaired) electrons. The molecule has 1 atom stereocenters. The summed E-state index contributed by atoms with van der Waals surface area (Å²) >= 11 is 0. The van der Waals surface area contributed by atoms with Gasteiger partial charge in [0.25, 0.3) is 0 Å². The van der Waals surface area contributed by atoms with Gasteiger partial charge in [-0.25, -0.2) is 0 Å². The monoisotopic (exact) mass is 390 g/mol. The fourth-order valence-electron chi connectivity index (χ4n) is 4.02. The molecule has 0 saturated carbocycles. The second-order valence-corrected chi connectivity index (χ2v) is 7.75. The van der Waals surface area contributed by atoms with Crippen LogP contribution in [0.3, 0.4) is 0 Å². The lowest BCUT2D eigenvalue weighted by molar-refractivity contribution is 0.657. The minimum atomic E-state index is 0.217. The Balaban J connectivity index is 1.28. The van der Waals surface area contributed by atoms with E-state index in [1.807, 2.05) is 35.8 Å². The van der Waals surface area contributed by atoms with Gasteiger partial charge in [0.1, 0.15) is 5.82 Å². The minimum Gasteiger partial charge on any atom is -0.356 e. The Bertz CT molecular complexity index is 990. The standard InChI is InChI=1S/C23H30N6/c1-17(19-13-12-18-8-3-4-9-20(18)16-19)26-23(24-2)25-14-7-11-22-28-27-21-10-5-6-15-29(21)22/h5-6,10,12-13,15-17H,3-4,7-9,11,14H2,1-2H3,(H2,24,25,26). The van der Waals surface area contributed by atoms with Crippen molar-refractivity contribution in [2.24, 2.45) is 4.99 Å². The summed E-state index contributed by atoms with van der Waals surface area (Å²) in [4.78, 5) is 4.39. The first-order valence-corrected chi connectivity index (χ1v) is 10.6. The summed E-state index contributed by atoms with van der Waals surface area (Å²) in [6.07, 6.45) is 8.91. The molecule has 0 fully saturated rings. The smallest absolute Gasteiger partial charge is 0.191 e. The number of rotatable bonds is 6. The van der Waals surface area contributed by atoms with Crippen molar-refractivity contribution in [2.45, 2.75) is 51.5 Å². The van der Waals surface area contributed by atoms with Crippen molar-refractivity contribution in [1.82, 2.24) is 25.2 Å². The number of aromatic nitrogens is 3. The topological polar surface area (TPSA) is 66.6 Å². The largest absolute Gasteiger partial charge is 0.356 e. The predicted molar refractivity (Wildman–Crippen MR) is 117 cm³/mol. The van der Waals surface area contributed by atoms with Gasteiger partial charge < -0.3 is 10.6 Å². The molecule has 0 aliphatic heterocycles. The summed E-state index contributed by atoms with van der Waals surface area (Å²) in [6.45, 7) is 3.03. The number of fused-ring (bicyclic) bond motifs is 2. The van der Waals surface area contributed by atoms with Gasteiger partial charge in [-0.2, -0.15) is 0 Å². The van der Waals surface area contributed by atoms with Gasteiger partial charge in [0, 0.05) is 26.2 Å². The number of nitrogens with zero attached hydrogens (tertiary/aromatic N) is 4. The van der Waals surface area contributed by atoms with Gasteiger partial charge >= 0.3 is 0 Å². The average Bonchev–Trinajstić information content (AvgIpc) is 3.18. The molecule has 4 rings (SSSR count). The maximum Gasteiger partial charge on any atom is 0.191 e. The molecule has 1 aliphatic carbocycles. The molecule has 3 aromatic rings. The molecule has 2 aromatic heterocycles. The van der Waals surface area contributed by atoms with Gasteiger partial charge in [0.15, 0.2) is 11.6 Å². The highest BCUT2D eigenvalue weighted by Crippen LogP contribution is 2.24. The molecule has 6 heteroatoms. The van der Waals surface area contributed by atoms with Crippen LogP contribution < -0.4 is 10.6 Å². The molecular weight excluding hydrogens is 360 g/mol. The third-order valence-electron chi connectivity index (χ3n) is 5.70. The summed E-state index contributed by atoms with van der Waals surface area (Å²) in [7, 11) is 1.82. The van der Waals surface area contributed by atoms with E-state index in [0.717, 1.165) is 36.8 Å². The highest BCUT2D eigenvalue weighted by atomic mass is 15.2. The molecular formula is C23H30N6. The lowest BCUT2D eigenvalue weighted by Gasteiger charge is -2.21. The van der Waals surface area contributed by atoms with Crippen LogP contribution in [0.1, 0.15) is 54.7 Å². The highest BCUT2D eigenvalue weighted by Gasteiger charge is 2.13.